The molecule has 0 saturated heterocycles. The van der Waals surface area contributed by atoms with Gasteiger partial charge in [0.1, 0.15) is 0 Å². The van der Waals surface area contributed by atoms with Crippen LogP contribution in [0, 0.1) is 5.41 Å². The summed E-state index contributed by atoms with van der Waals surface area (Å²) in [5.74, 6) is -0.150. The molecule has 0 spiro atoms. The van der Waals surface area contributed by atoms with Gasteiger partial charge in [-0.15, -0.1) is 0 Å². The van der Waals surface area contributed by atoms with Crippen LogP contribution < -0.4 is 27.1 Å². The molecule has 162 valence electrons. The first-order chi connectivity index (χ1) is 14.5. The molecule has 1 amide bonds. The lowest BCUT2D eigenvalue weighted by molar-refractivity contribution is -0.122. The number of hydrogen-bond donors (Lipinski definition) is 5. The van der Waals surface area contributed by atoms with Crippen LogP contribution in [0.15, 0.2) is 59.4 Å². The summed E-state index contributed by atoms with van der Waals surface area (Å²) in [7, 11) is 1.89. The van der Waals surface area contributed by atoms with Crippen LogP contribution in [0.4, 0.5) is 5.69 Å². The normalized spacial score (nSPS) is 19.7. The van der Waals surface area contributed by atoms with Crippen molar-refractivity contribution in [3.8, 4) is 0 Å². The van der Waals surface area contributed by atoms with Gasteiger partial charge in [0.2, 0.25) is 0 Å². The number of hydrogen-bond acceptors (Lipinski definition) is 6. The quantitative estimate of drug-likeness (QED) is 0.219. The predicted octanol–water partition coefficient (Wildman–Crippen LogP) is 2.57. The van der Waals surface area contributed by atoms with Gasteiger partial charge in [0.15, 0.2) is 0 Å². The molecule has 0 radical (unpaired) electrons. The first-order valence-electron chi connectivity index (χ1n) is 10.4. The molecule has 30 heavy (non-hydrogen) atoms. The fourth-order valence-electron chi connectivity index (χ4n) is 3.17. The van der Waals surface area contributed by atoms with Gasteiger partial charge in [-0.25, -0.2) is 5.43 Å². The van der Waals surface area contributed by atoms with Gasteiger partial charge < -0.3 is 21.7 Å². The van der Waals surface area contributed by atoms with Crippen molar-refractivity contribution in [1.82, 2.24) is 16.1 Å². The van der Waals surface area contributed by atoms with E-state index in [-0.39, 0.29) is 11.9 Å². The lowest BCUT2D eigenvalue weighted by Crippen LogP contribution is -2.41. The average Bonchev–Trinajstić information content (AvgIpc) is 2.77. The number of anilines is 1. The second-order valence-corrected chi connectivity index (χ2v) is 7.25. The minimum absolute atomic E-state index is 0.150. The van der Waals surface area contributed by atoms with Gasteiger partial charge in [0, 0.05) is 24.6 Å². The average molecular weight is 411 g/mol. The summed E-state index contributed by atoms with van der Waals surface area (Å²) in [6.45, 7) is 5.09. The van der Waals surface area contributed by atoms with E-state index >= 15 is 0 Å². The molecule has 1 aromatic carbocycles. The van der Waals surface area contributed by atoms with E-state index in [1.807, 2.05) is 50.4 Å². The van der Waals surface area contributed by atoms with Crippen LogP contribution in [-0.4, -0.2) is 38.4 Å². The third-order valence-corrected chi connectivity index (χ3v) is 4.98. The lowest BCUT2D eigenvalue weighted by Gasteiger charge is -2.30. The Morgan fingerprint density at radius 1 is 1.33 bits per heavy atom. The first-order valence-corrected chi connectivity index (χ1v) is 10.4. The van der Waals surface area contributed by atoms with Crippen LogP contribution in [0.2, 0.25) is 0 Å². The highest BCUT2D eigenvalue weighted by Crippen LogP contribution is 2.34. The predicted molar refractivity (Wildman–Crippen MR) is 126 cm³/mol. The van der Waals surface area contributed by atoms with Crippen molar-refractivity contribution in [3.05, 3.63) is 59.8 Å². The van der Waals surface area contributed by atoms with E-state index in [1.165, 1.54) is 0 Å². The van der Waals surface area contributed by atoms with E-state index in [2.05, 4.69) is 51.6 Å². The summed E-state index contributed by atoms with van der Waals surface area (Å²) in [4.78, 5) is 12.2. The molecule has 2 atom stereocenters. The fraction of sp³-hybridized carbons (Fsp3) is 0.391. The summed E-state index contributed by atoms with van der Waals surface area (Å²) in [6.07, 6.45) is 13.8. The Labute approximate surface area is 179 Å². The second-order valence-electron chi connectivity index (χ2n) is 7.25. The molecular formula is C23H34N6O. The van der Waals surface area contributed by atoms with Crippen molar-refractivity contribution in [1.29, 1.82) is 0 Å². The highest BCUT2D eigenvalue weighted by Gasteiger charge is 2.30. The zero-order valence-electron chi connectivity index (χ0n) is 18.1. The number of benzene rings is 1. The number of nitrogens with one attached hydrogen (secondary N) is 4. The number of nitrogens with zero attached hydrogens (tertiary/aromatic N) is 1. The number of hydrazone groups is 1. The molecule has 0 heterocycles. The van der Waals surface area contributed by atoms with Crippen molar-refractivity contribution in [2.24, 2.45) is 16.3 Å². The number of amides is 1. The zero-order valence-corrected chi connectivity index (χ0v) is 18.1. The van der Waals surface area contributed by atoms with Crippen LogP contribution in [0.1, 0.15) is 32.3 Å². The minimum Gasteiger partial charge on any atom is -0.390 e. The van der Waals surface area contributed by atoms with Crippen molar-refractivity contribution in [2.45, 2.75) is 32.7 Å². The maximum atomic E-state index is 12.2. The van der Waals surface area contributed by atoms with Crippen LogP contribution in [0.3, 0.4) is 0 Å². The smallest absolute Gasteiger partial charge is 0.256 e. The maximum absolute atomic E-state index is 12.2. The molecular weight excluding hydrogens is 376 g/mol. The summed E-state index contributed by atoms with van der Waals surface area (Å²) >= 11 is 0. The third kappa shape index (κ3) is 6.57. The molecule has 6 N–H and O–H groups in total. The SMILES string of the molecule is CCCNC(C)C(=O)N/N=C/C1(/C=C/c2ccc(NCN)cc2)CC=CC=C1NC. The molecule has 1 aromatic rings. The van der Waals surface area contributed by atoms with Gasteiger partial charge >= 0.3 is 0 Å². The Morgan fingerprint density at radius 2 is 2.10 bits per heavy atom. The number of allylic oxidation sites excluding steroid dienone is 4. The topological polar surface area (TPSA) is 104 Å². The summed E-state index contributed by atoms with van der Waals surface area (Å²) in [5, 5.41) is 13.8. The Hall–Kier alpha value is -2.90. The number of carbonyl (C=O) groups is 1. The number of nitrogens with two attached hydrogens (primary N) is 1. The standard InChI is InChI=1S/C23H34N6O/c1-4-15-26-18(2)22(30)29-28-16-23(13-6-5-7-21(23)25-3)14-12-19-8-10-20(11-9-19)27-17-24/h5-12,14,16,18,25-27H,4,13,15,17,24H2,1-3H3,(H,29,30)/b14-12+,28-16+. The molecule has 0 saturated carbocycles. The summed E-state index contributed by atoms with van der Waals surface area (Å²) < 4.78 is 0. The Balaban J connectivity index is 2.17. The summed E-state index contributed by atoms with van der Waals surface area (Å²) in [6, 6.07) is 7.76. The van der Waals surface area contributed by atoms with Crippen LogP contribution in [-0.2, 0) is 4.79 Å². The van der Waals surface area contributed by atoms with Gasteiger partial charge in [-0.3, -0.25) is 4.79 Å². The fourth-order valence-corrected chi connectivity index (χ4v) is 3.17. The maximum Gasteiger partial charge on any atom is 0.256 e. The van der Waals surface area contributed by atoms with Crippen molar-refractivity contribution >= 4 is 23.9 Å². The molecule has 2 rings (SSSR count). The van der Waals surface area contributed by atoms with E-state index in [1.54, 1.807) is 6.21 Å². The van der Waals surface area contributed by atoms with Crippen molar-refractivity contribution in [2.75, 3.05) is 25.6 Å². The van der Waals surface area contributed by atoms with Gasteiger partial charge in [-0.05, 0) is 50.1 Å². The van der Waals surface area contributed by atoms with E-state index in [0.29, 0.717) is 6.67 Å². The van der Waals surface area contributed by atoms with Crippen molar-refractivity contribution in [3.63, 3.8) is 0 Å². The lowest BCUT2D eigenvalue weighted by atomic mass is 9.78. The van der Waals surface area contributed by atoms with Gasteiger partial charge in [0.25, 0.3) is 5.91 Å². The Bertz CT molecular complexity index is 796. The van der Waals surface area contributed by atoms with E-state index in [4.69, 9.17) is 5.73 Å². The molecule has 0 fully saturated rings. The number of rotatable bonds is 11. The highest BCUT2D eigenvalue weighted by atomic mass is 16.2. The molecule has 0 bridgehead atoms. The first kappa shape index (κ1) is 23.4. The Kier molecular flexibility index (Phi) is 9.31. The molecule has 0 aromatic heterocycles. The zero-order chi connectivity index (χ0) is 21.8. The van der Waals surface area contributed by atoms with Gasteiger partial charge in [0.05, 0.1) is 18.1 Å². The largest absolute Gasteiger partial charge is 0.390 e. The van der Waals surface area contributed by atoms with Gasteiger partial charge in [-0.1, -0.05) is 43.4 Å². The molecule has 7 heteroatoms. The van der Waals surface area contributed by atoms with E-state index in [9.17, 15) is 4.79 Å². The molecule has 7 nitrogen and oxygen atoms in total. The molecule has 1 aliphatic carbocycles. The monoisotopic (exact) mass is 410 g/mol. The van der Waals surface area contributed by atoms with E-state index in [0.717, 1.165) is 36.3 Å². The molecule has 2 unspecified atom stereocenters. The Morgan fingerprint density at radius 3 is 2.77 bits per heavy atom. The van der Waals surface area contributed by atoms with Crippen LogP contribution in [0.5, 0.6) is 0 Å². The number of carbonyl (C=O) groups excluding carboxylic acids is 1. The van der Waals surface area contributed by atoms with Crippen molar-refractivity contribution < 1.29 is 4.79 Å². The molecule has 0 aliphatic heterocycles. The van der Waals surface area contributed by atoms with E-state index < -0.39 is 5.41 Å². The minimum atomic E-state index is -0.467. The summed E-state index contributed by atoms with van der Waals surface area (Å²) in [5.41, 5.74) is 10.8. The highest BCUT2D eigenvalue weighted by molar-refractivity contribution is 5.83. The second kappa shape index (κ2) is 11.9. The third-order valence-electron chi connectivity index (χ3n) is 4.98. The molecule has 1 aliphatic rings. The van der Waals surface area contributed by atoms with Crippen LogP contribution >= 0.6 is 0 Å². The van der Waals surface area contributed by atoms with Crippen LogP contribution in [0.25, 0.3) is 6.08 Å². The van der Waals surface area contributed by atoms with Gasteiger partial charge in [-0.2, -0.15) is 5.10 Å².